The fraction of sp³-hybridized carbons (Fsp3) is 0.182. The summed E-state index contributed by atoms with van der Waals surface area (Å²) in [7, 11) is 0. The molecule has 1 aromatic carbocycles. The van der Waals surface area contributed by atoms with Gasteiger partial charge in [0.2, 0.25) is 0 Å². The zero-order chi connectivity index (χ0) is 9.10. The fourth-order valence-corrected chi connectivity index (χ4v) is 1.34. The minimum absolute atomic E-state index is 0.514. The van der Waals surface area contributed by atoms with Gasteiger partial charge in [0.05, 0.1) is 6.07 Å². The number of fused-ring (bicyclic) bond motifs is 1. The van der Waals surface area contributed by atoms with Crippen LogP contribution in [0.25, 0.3) is 11.0 Å². The third kappa shape index (κ3) is 1.54. The zero-order valence-electron chi connectivity index (χ0n) is 7.16. The molecule has 0 unspecified atom stereocenters. The first kappa shape index (κ1) is 7.88. The van der Waals surface area contributed by atoms with Gasteiger partial charge in [0, 0.05) is 18.2 Å². The lowest BCUT2D eigenvalue weighted by Gasteiger charge is -1.86. The highest BCUT2D eigenvalue weighted by atomic mass is 16.3. The molecule has 1 aromatic heterocycles. The van der Waals surface area contributed by atoms with E-state index >= 15 is 0 Å². The van der Waals surface area contributed by atoms with Gasteiger partial charge in [0.1, 0.15) is 11.3 Å². The van der Waals surface area contributed by atoms with Crippen molar-refractivity contribution in [2.24, 2.45) is 0 Å². The highest BCUT2D eigenvalue weighted by molar-refractivity contribution is 5.77. The van der Waals surface area contributed by atoms with Crippen molar-refractivity contribution in [3.8, 4) is 6.07 Å². The van der Waals surface area contributed by atoms with Crippen LogP contribution >= 0.6 is 0 Å². The Morgan fingerprint density at radius 1 is 1.31 bits per heavy atom. The largest absolute Gasteiger partial charge is 0.461 e. The van der Waals surface area contributed by atoms with Crippen molar-refractivity contribution in [2.45, 2.75) is 12.8 Å². The summed E-state index contributed by atoms with van der Waals surface area (Å²) in [5.74, 6) is 0.891. The highest BCUT2D eigenvalue weighted by Crippen LogP contribution is 2.19. The van der Waals surface area contributed by atoms with Crippen LogP contribution in [0.5, 0.6) is 0 Å². The van der Waals surface area contributed by atoms with Crippen molar-refractivity contribution in [3.63, 3.8) is 0 Å². The maximum absolute atomic E-state index is 8.41. The number of nitrogens with zero attached hydrogens (tertiary/aromatic N) is 1. The molecule has 0 bridgehead atoms. The molecule has 2 aromatic rings. The molecular weight excluding hydrogens is 162 g/mol. The van der Waals surface area contributed by atoms with Crippen LogP contribution in [0.15, 0.2) is 34.7 Å². The zero-order valence-corrected chi connectivity index (χ0v) is 7.16. The van der Waals surface area contributed by atoms with Gasteiger partial charge < -0.3 is 4.42 Å². The second-order valence-electron chi connectivity index (χ2n) is 2.91. The molecule has 0 saturated heterocycles. The number of furan rings is 1. The van der Waals surface area contributed by atoms with E-state index in [9.17, 15) is 0 Å². The lowest BCUT2D eigenvalue weighted by Crippen LogP contribution is -1.76. The predicted octanol–water partition coefficient (Wildman–Crippen LogP) is 2.89. The van der Waals surface area contributed by atoms with Crippen LogP contribution in [0.4, 0.5) is 0 Å². The van der Waals surface area contributed by atoms with E-state index in [2.05, 4.69) is 6.07 Å². The van der Waals surface area contributed by atoms with Gasteiger partial charge >= 0.3 is 0 Å². The summed E-state index contributed by atoms with van der Waals surface area (Å²) in [6.07, 6.45) is 1.21. The smallest absolute Gasteiger partial charge is 0.134 e. The normalized spacial score (nSPS) is 10.1. The van der Waals surface area contributed by atoms with Gasteiger partial charge in [-0.05, 0) is 12.1 Å². The Hall–Kier alpha value is -1.75. The van der Waals surface area contributed by atoms with E-state index in [1.807, 2.05) is 30.3 Å². The van der Waals surface area contributed by atoms with Crippen molar-refractivity contribution in [1.29, 1.82) is 5.26 Å². The highest BCUT2D eigenvalue weighted by Gasteiger charge is 2.01. The Kier molecular flexibility index (Phi) is 2.01. The minimum Gasteiger partial charge on any atom is -0.461 e. The molecule has 0 spiro atoms. The van der Waals surface area contributed by atoms with Crippen LogP contribution in [0, 0.1) is 11.3 Å². The average molecular weight is 171 g/mol. The Morgan fingerprint density at radius 2 is 2.15 bits per heavy atom. The van der Waals surface area contributed by atoms with Crippen LogP contribution in [-0.2, 0) is 6.42 Å². The van der Waals surface area contributed by atoms with Crippen molar-refractivity contribution in [2.75, 3.05) is 0 Å². The first-order valence-corrected chi connectivity index (χ1v) is 4.24. The number of hydrogen-bond acceptors (Lipinski definition) is 2. The van der Waals surface area contributed by atoms with E-state index in [4.69, 9.17) is 9.68 Å². The molecule has 0 aliphatic rings. The molecule has 2 heteroatoms. The first-order chi connectivity index (χ1) is 6.40. The van der Waals surface area contributed by atoms with Gasteiger partial charge in [-0.2, -0.15) is 5.26 Å². The van der Waals surface area contributed by atoms with Crippen molar-refractivity contribution in [3.05, 3.63) is 36.1 Å². The lowest BCUT2D eigenvalue weighted by atomic mass is 10.2. The molecule has 2 rings (SSSR count). The number of hydrogen-bond donors (Lipinski definition) is 0. The maximum atomic E-state index is 8.41. The number of para-hydroxylation sites is 1. The minimum atomic E-state index is 0.514. The number of nitriles is 1. The van der Waals surface area contributed by atoms with Crippen LogP contribution < -0.4 is 0 Å². The summed E-state index contributed by atoms with van der Waals surface area (Å²) in [6.45, 7) is 0. The Labute approximate surface area is 76.4 Å². The number of benzene rings is 1. The molecule has 0 saturated carbocycles. The second kappa shape index (κ2) is 3.32. The molecule has 0 atom stereocenters. The standard InChI is InChI=1S/C11H9NO/c12-7-3-5-10-8-9-4-1-2-6-11(9)13-10/h1-2,4,6,8H,3,5H2. The molecule has 0 aliphatic carbocycles. The van der Waals surface area contributed by atoms with Crippen molar-refractivity contribution < 1.29 is 4.42 Å². The van der Waals surface area contributed by atoms with E-state index < -0.39 is 0 Å². The second-order valence-corrected chi connectivity index (χ2v) is 2.91. The molecule has 2 nitrogen and oxygen atoms in total. The monoisotopic (exact) mass is 171 g/mol. The van der Waals surface area contributed by atoms with E-state index in [1.165, 1.54) is 0 Å². The number of aryl methyl sites for hydroxylation is 1. The van der Waals surface area contributed by atoms with Crippen LogP contribution in [-0.4, -0.2) is 0 Å². The molecule has 0 amide bonds. The Bertz CT molecular complexity index is 417. The average Bonchev–Trinajstić information content (AvgIpc) is 2.57. The maximum Gasteiger partial charge on any atom is 0.134 e. The summed E-state index contributed by atoms with van der Waals surface area (Å²) in [5, 5.41) is 9.52. The van der Waals surface area contributed by atoms with E-state index in [1.54, 1.807) is 0 Å². The molecule has 13 heavy (non-hydrogen) atoms. The topological polar surface area (TPSA) is 36.9 Å². The van der Waals surface area contributed by atoms with E-state index in [0.717, 1.165) is 16.7 Å². The molecule has 1 heterocycles. The third-order valence-electron chi connectivity index (χ3n) is 1.96. The number of rotatable bonds is 2. The molecule has 0 aliphatic heterocycles. The summed E-state index contributed by atoms with van der Waals surface area (Å²) >= 11 is 0. The van der Waals surface area contributed by atoms with E-state index in [-0.39, 0.29) is 0 Å². The third-order valence-corrected chi connectivity index (χ3v) is 1.96. The molecule has 0 fully saturated rings. The van der Waals surface area contributed by atoms with Crippen molar-refractivity contribution >= 4 is 11.0 Å². The summed E-state index contributed by atoms with van der Waals surface area (Å²) < 4.78 is 5.52. The van der Waals surface area contributed by atoms with Gasteiger partial charge in [-0.25, -0.2) is 0 Å². The quantitative estimate of drug-likeness (QED) is 0.696. The SMILES string of the molecule is N#CCCc1cc2ccccc2o1. The Morgan fingerprint density at radius 3 is 2.92 bits per heavy atom. The van der Waals surface area contributed by atoms with Gasteiger partial charge in [-0.3, -0.25) is 0 Å². The molecule has 0 N–H and O–H groups in total. The van der Waals surface area contributed by atoms with Crippen LogP contribution in [0.1, 0.15) is 12.2 Å². The van der Waals surface area contributed by atoms with Gasteiger partial charge in [-0.1, -0.05) is 18.2 Å². The summed E-state index contributed by atoms with van der Waals surface area (Å²) in [5.41, 5.74) is 0.899. The van der Waals surface area contributed by atoms with Gasteiger partial charge in [0.25, 0.3) is 0 Å². The first-order valence-electron chi connectivity index (χ1n) is 4.24. The molecular formula is C11H9NO. The molecule has 0 radical (unpaired) electrons. The summed E-state index contributed by atoms with van der Waals surface area (Å²) in [6, 6.07) is 12.0. The van der Waals surface area contributed by atoms with Crippen LogP contribution in [0.3, 0.4) is 0 Å². The Balaban J connectivity index is 2.34. The predicted molar refractivity (Wildman–Crippen MR) is 50.1 cm³/mol. The van der Waals surface area contributed by atoms with Crippen LogP contribution in [0.2, 0.25) is 0 Å². The van der Waals surface area contributed by atoms with Gasteiger partial charge in [-0.15, -0.1) is 0 Å². The van der Waals surface area contributed by atoms with Gasteiger partial charge in [0.15, 0.2) is 0 Å². The van der Waals surface area contributed by atoms with Crippen molar-refractivity contribution in [1.82, 2.24) is 0 Å². The molecule has 64 valence electrons. The summed E-state index contributed by atoms with van der Waals surface area (Å²) in [4.78, 5) is 0. The van der Waals surface area contributed by atoms with E-state index in [0.29, 0.717) is 12.8 Å². The fourth-order valence-electron chi connectivity index (χ4n) is 1.34. The lowest BCUT2D eigenvalue weighted by molar-refractivity contribution is 0.550.